The van der Waals surface area contributed by atoms with E-state index in [1.54, 1.807) is 0 Å². The van der Waals surface area contributed by atoms with Crippen molar-refractivity contribution in [2.24, 2.45) is 0 Å². The van der Waals surface area contributed by atoms with E-state index >= 15 is 0 Å². The average molecular weight is 204 g/mol. The van der Waals surface area contributed by atoms with E-state index in [2.05, 4.69) is 37.1 Å². The van der Waals surface area contributed by atoms with E-state index in [0.717, 1.165) is 31.2 Å². The summed E-state index contributed by atoms with van der Waals surface area (Å²) in [5, 5.41) is 12.4. The number of hydrogen-bond donors (Lipinski definition) is 1. The monoisotopic (exact) mass is 204 g/mol. The Balaban J connectivity index is 2.58. The Morgan fingerprint density at radius 2 is 2.20 bits per heavy atom. The lowest BCUT2D eigenvalue weighted by molar-refractivity contribution is 0.566. The zero-order valence-corrected chi connectivity index (χ0v) is 9.46. The predicted octanol–water partition coefficient (Wildman–Crippen LogP) is 1.87. The number of aromatic nitrogens is 2. The molecule has 1 aliphatic heterocycles. The van der Waals surface area contributed by atoms with Crippen LogP contribution < -0.4 is 5.32 Å². The van der Waals surface area contributed by atoms with Gasteiger partial charge in [-0.25, -0.2) is 4.98 Å². The van der Waals surface area contributed by atoms with Gasteiger partial charge in [0.15, 0.2) is 0 Å². The van der Waals surface area contributed by atoms with Gasteiger partial charge in [-0.05, 0) is 6.42 Å². The maximum Gasteiger partial charge on any atom is 0.204 e. The van der Waals surface area contributed by atoms with Crippen LogP contribution in [-0.2, 0) is 12.0 Å². The highest BCUT2D eigenvalue weighted by atomic mass is 15.2. The van der Waals surface area contributed by atoms with Crippen LogP contribution in [0.3, 0.4) is 0 Å². The van der Waals surface area contributed by atoms with Crippen molar-refractivity contribution in [3.63, 3.8) is 0 Å². The van der Waals surface area contributed by atoms with Crippen LogP contribution in [0.25, 0.3) is 0 Å². The summed E-state index contributed by atoms with van der Waals surface area (Å²) < 4.78 is 1.99. The fourth-order valence-electron chi connectivity index (χ4n) is 1.88. The SMILES string of the molecule is CC(C)(C)c1nc2n(c1C#N)CCCN2. The topological polar surface area (TPSA) is 53.6 Å². The normalized spacial score (nSPS) is 15.3. The number of nitrogens with zero attached hydrogens (tertiary/aromatic N) is 3. The minimum atomic E-state index is -0.0723. The zero-order valence-electron chi connectivity index (χ0n) is 9.46. The quantitative estimate of drug-likeness (QED) is 0.702. The number of rotatable bonds is 0. The van der Waals surface area contributed by atoms with Crippen LogP contribution in [-0.4, -0.2) is 16.1 Å². The van der Waals surface area contributed by atoms with Gasteiger partial charge in [-0.1, -0.05) is 20.8 Å². The molecule has 0 aliphatic carbocycles. The molecule has 0 amide bonds. The van der Waals surface area contributed by atoms with Crippen LogP contribution in [0.2, 0.25) is 0 Å². The van der Waals surface area contributed by atoms with Crippen molar-refractivity contribution in [2.45, 2.75) is 39.2 Å². The summed E-state index contributed by atoms with van der Waals surface area (Å²) in [6.07, 6.45) is 1.06. The molecule has 0 fully saturated rings. The van der Waals surface area contributed by atoms with Gasteiger partial charge in [-0.15, -0.1) is 0 Å². The third-order valence-electron chi connectivity index (χ3n) is 2.63. The lowest BCUT2D eigenvalue weighted by Crippen LogP contribution is -2.18. The Bertz CT molecular complexity index is 417. The van der Waals surface area contributed by atoms with Crippen LogP contribution in [0, 0.1) is 11.3 Å². The van der Waals surface area contributed by atoms with Gasteiger partial charge >= 0.3 is 0 Å². The summed E-state index contributed by atoms with van der Waals surface area (Å²) in [5.74, 6) is 0.850. The van der Waals surface area contributed by atoms with Crippen LogP contribution in [0.4, 0.5) is 5.95 Å². The summed E-state index contributed by atoms with van der Waals surface area (Å²) in [7, 11) is 0. The molecule has 80 valence electrons. The van der Waals surface area contributed by atoms with Crippen molar-refractivity contribution in [3.8, 4) is 6.07 Å². The second-order valence-corrected chi connectivity index (χ2v) is 4.93. The number of fused-ring (bicyclic) bond motifs is 1. The minimum absolute atomic E-state index is 0.0723. The molecule has 0 aromatic carbocycles. The standard InChI is InChI=1S/C11H16N4/c1-11(2,3)9-8(7-12)15-6-4-5-13-10(15)14-9/h4-6H2,1-3H3,(H,13,14). The van der Waals surface area contributed by atoms with Gasteiger partial charge < -0.3 is 9.88 Å². The molecule has 4 heteroatoms. The van der Waals surface area contributed by atoms with Crippen molar-refractivity contribution in [1.29, 1.82) is 5.26 Å². The third-order valence-corrected chi connectivity index (χ3v) is 2.63. The Hall–Kier alpha value is -1.50. The largest absolute Gasteiger partial charge is 0.356 e. The van der Waals surface area contributed by atoms with Gasteiger partial charge in [0, 0.05) is 18.5 Å². The van der Waals surface area contributed by atoms with Crippen molar-refractivity contribution in [3.05, 3.63) is 11.4 Å². The first kappa shape index (κ1) is 10.0. The molecular formula is C11H16N4. The predicted molar refractivity (Wildman–Crippen MR) is 58.7 cm³/mol. The van der Waals surface area contributed by atoms with Gasteiger partial charge in [-0.2, -0.15) is 5.26 Å². The van der Waals surface area contributed by atoms with Crippen LogP contribution in [0.1, 0.15) is 38.6 Å². The number of hydrogen-bond acceptors (Lipinski definition) is 3. The number of nitriles is 1. The summed E-state index contributed by atoms with van der Waals surface area (Å²) >= 11 is 0. The zero-order chi connectivity index (χ0) is 11.1. The second-order valence-electron chi connectivity index (χ2n) is 4.93. The summed E-state index contributed by atoms with van der Waals surface area (Å²) in [5.41, 5.74) is 1.54. The molecule has 2 rings (SSSR count). The highest BCUT2D eigenvalue weighted by Gasteiger charge is 2.27. The van der Waals surface area contributed by atoms with Gasteiger partial charge in [0.25, 0.3) is 0 Å². The van der Waals surface area contributed by atoms with E-state index in [1.165, 1.54) is 0 Å². The molecule has 0 unspecified atom stereocenters. The maximum absolute atomic E-state index is 9.19. The Morgan fingerprint density at radius 1 is 1.47 bits per heavy atom. The Morgan fingerprint density at radius 3 is 2.80 bits per heavy atom. The Kier molecular flexibility index (Phi) is 2.18. The summed E-state index contributed by atoms with van der Waals surface area (Å²) in [6.45, 7) is 8.10. The van der Waals surface area contributed by atoms with Gasteiger partial charge in [0.1, 0.15) is 11.8 Å². The molecule has 0 radical (unpaired) electrons. The van der Waals surface area contributed by atoms with E-state index in [4.69, 9.17) is 0 Å². The van der Waals surface area contributed by atoms with E-state index in [9.17, 15) is 5.26 Å². The van der Waals surface area contributed by atoms with E-state index in [0.29, 0.717) is 5.69 Å². The van der Waals surface area contributed by atoms with E-state index in [-0.39, 0.29) is 5.41 Å². The molecule has 0 spiro atoms. The van der Waals surface area contributed by atoms with Crippen molar-refractivity contribution < 1.29 is 0 Å². The molecule has 1 aliphatic rings. The molecule has 1 aromatic heterocycles. The number of imidazole rings is 1. The van der Waals surface area contributed by atoms with E-state index < -0.39 is 0 Å². The van der Waals surface area contributed by atoms with Crippen molar-refractivity contribution in [1.82, 2.24) is 9.55 Å². The lowest BCUT2D eigenvalue weighted by atomic mass is 9.91. The molecule has 2 heterocycles. The smallest absolute Gasteiger partial charge is 0.204 e. The molecule has 4 nitrogen and oxygen atoms in total. The van der Waals surface area contributed by atoms with Gasteiger partial charge in [0.2, 0.25) is 5.95 Å². The summed E-state index contributed by atoms with van der Waals surface area (Å²) in [4.78, 5) is 4.52. The van der Waals surface area contributed by atoms with Gasteiger partial charge in [-0.3, -0.25) is 0 Å². The van der Waals surface area contributed by atoms with Crippen LogP contribution in [0.15, 0.2) is 0 Å². The second kappa shape index (κ2) is 3.27. The van der Waals surface area contributed by atoms with E-state index in [1.807, 2.05) is 4.57 Å². The first-order chi connectivity index (χ1) is 7.04. The molecule has 0 saturated heterocycles. The van der Waals surface area contributed by atoms with Crippen LogP contribution in [0.5, 0.6) is 0 Å². The maximum atomic E-state index is 9.19. The van der Waals surface area contributed by atoms with Crippen molar-refractivity contribution in [2.75, 3.05) is 11.9 Å². The first-order valence-electron chi connectivity index (χ1n) is 5.29. The number of nitrogens with one attached hydrogen (secondary N) is 1. The fraction of sp³-hybridized carbons (Fsp3) is 0.636. The highest BCUT2D eigenvalue weighted by molar-refractivity contribution is 5.43. The molecule has 15 heavy (non-hydrogen) atoms. The fourth-order valence-corrected chi connectivity index (χ4v) is 1.88. The molecular weight excluding hydrogens is 188 g/mol. The van der Waals surface area contributed by atoms with Crippen LogP contribution >= 0.6 is 0 Å². The molecule has 0 saturated carbocycles. The Labute approximate surface area is 89.9 Å². The minimum Gasteiger partial charge on any atom is -0.356 e. The third kappa shape index (κ3) is 1.58. The van der Waals surface area contributed by atoms with Crippen molar-refractivity contribution >= 4 is 5.95 Å². The molecule has 0 atom stereocenters. The summed E-state index contributed by atoms with van der Waals surface area (Å²) in [6, 6.07) is 2.27. The number of anilines is 1. The first-order valence-corrected chi connectivity index (χ1v) is 5.29. The molecule has 0 bridgehead atoms. The lowest BCUT2D eigenvalue weighted by Gasteiger charge is -2.16. The molecule has 1 N–H and O–H groups in total. The molecule has 1 aromatic rings. The van der Waals surface area contributed by atoms with Gasteiger partial charge in [0.05, 0.1) is 5.69 Å². The average Bonchev–Trinajstić information content (AvgIpc) is 2.55. The highest BCUT2D eigenvalue weighted by Crippen LogP contribution is 2.28.